The van der Waals surface area contributed by atoms with E-state index in [1.807, 2.05) is 0 Å². The van der Waals surface area contributed by atoms with Crippen molar-refractivity contribution < 1.29 is 13.2 Å². The predicted molar refractivity (Wildman–Crippen MR) is 104 cm³/mol. The predicted octanol–water partition coefficient (Wildman–Crippen LogP) is 2.85. The van der Waals surface area contributed by atoms with E-state index >= 15 is 0 Å². The van der Waals surface area contributed by atoms with Gasteiger partial charge in [-0.1, -0.05) is 12.8 Å². The van der Waals surface area contributed by atoms with Crippen LogP contribution >= 0.6 is 23.1 Å². The van der Waals surface area contributed by atoms with Gasteiger partial charge in [-0.2, -0.15) is 4.31 Å². The molecular weight excluding hydrogens is 378 g/mol. The van der Waals surface area contributed by atoms with Gasteiger partial charge in [0.25, 0.3) is 0 Å². The van der Waals surface area contributed by atoms with Crippen molar-refractivity contribution in [3.8, 4) is 0 Å². The molecule has 0 unspecified atom stereocenters. The normalized spacial score (nSPS) is 19.3. The van der Waals surface area contributed by atoms with Crippen LogP contribution in [0, 0.1) is 0 Å². The van der Waals surface area contributed by atoms with Crippen molar-refractivity contribution >= 4 is 44.2 Å². The van der Waals surface area contributed by atoms with Crippen LogP contribution in [0.5, 0.6) is 0 Å². The molecule has 2 heterocycles. The molecule has 25 heavy (non-hydrogen) atoms. The van der Waals surface area contributed by atoms with E-state index in [0.29, 0.717) is 35.6 Å². The minimum absolute atomic E-state index is 0.0188. The van der Waals surface area contributed by atoms with Gasteiger partial charge in [-0.3, -0.25) is 4.79 Å². The number of fused-ring (bicyclic) bond motifs is 1. The highest BCUT2D eigenvalue weighted by atomic mass is 32.2. The standard InChI is InChI=1S/C16H25N3O3S3/c1-11(2)25(21,22)19-8-7-13-14(9-19)24-16(17-13)18-15(20)10-23-12-5-3-4-6-12/h11-12H,3-10H2,1-2H3,(H,17,18,20). The van der Waals surface area contributed by atoms with Crippen LogP contribution in [0.25, 0.3) is 0 Å². The number of carbonyl (C=O) groups excluding carboxylic acids is 1. The van der Waals surface area contributed by atoms with E-state index in [-0.39, 0.29) is 5.91 Å². The van der Waals surface area contributed by atoms with Crippen LogP contribution in [0.1, 0.15) is 50.1 Å². The van der Waals surface area contributed by atoms with Gasteiger partial charge >= 0.3 is 0 Å². The van der Waals surface area contributed by atoms with Gasteiger partial charge in [0.2, 0.25) is 15.9 Å². The van der Waals surface area contributed by atoms with E-state index in [1.165, 1.54) is 41.3 Å². The maximum absolute atomic E-state index is 12.3. The number of amides is 1. The fourth-order valence-electron chi connectivity index (χ4n) is 3.14. The smallest absolute Gasteiger partial charge is 0.236 e. The number of rotatable bonds is 6. The lowest BCUT2D eigenvalue weighted by Gasteiger charge is -2.26. The van der Waals surface area contributed by atoms with Gasteiger partial charge in [0, 0.05) is 29.6 Å². The molecule has 1 aliphatic heterocycles. The van der Waals surface area contributed by atoms with Crippen LogP contribution in [0.3, 0.4) is 0 Å². The number of nitrogens with one attached hydrogen (secondary N) is 1. The summed E-state index contributed by atoms with van der Waals surface area (Å²) in [5, 5.41) is 3.66. The number of hydrogen-bond acceptors (Lipinski definition) is 6. The summed E-state index contributed by atoms with van der Waals surface area (Å²) in [7, 11) is -3.25. The monoisotopic (exact) mass is 403 g/mol. The lowest BCUT2D eigenvalue weighted by Crippen LogP contribution is -2.39. The molecule has 1 saturated carbocycles. The van der Waals surface area contributed by atoms with Crippen LogP contribution in [0.15, 0.2) is 0 Å². The quantitative estimate of drug-likeness (QED) is 0.790. The molecule has 0 aromatic carbocycles. The number of nitrogens with zero attached hydrogens (tertiary/aromatic N) is 2. The second-order valence-electron chi connectivity index (χ2n) is 6.83. The van der Waals surface area contributed by atoms with Gasteiger partial charge in [-0.25, -0.2) is 13.4 Å². The molecule has 1 aromatic heterocycles. The van der Waals surface area contributed by atoms with Crippen LogP contribution in [0.2, 0.25) is 0 Å². The highest BCUT2D eigenvalue weighted by Gasteiger charge is 2.31. The Bertz CT molecular complexity index is 724. The summed E-state index contributed by atoms with van der Waals surface area (Å²) in [4.78, 5) is 17.6. The highest BCUT2D eigenvalue weighted by molar-refractivity contribution is 8.00. The van der Waals surface area contributed by atoms with Gasteiger partial charge in [-0.05, 0) is 26.7 Å². The van der Waals surface area contributed by atoms with Crippen molar-refractivity contribution in [3.63, 3.8) is 0 Å². The fraction of sp³-hybridized carbons (Fsp3) is 0.750. The number of thioether (sulfide) groups is 1. The van der Waals surface area contributed by atoms with Crippen molar-refractivity contribution in [1.82, 2.24) is 9.29 Å². The molecule has 9 heteroatoms. The Labute approximate surface area is 157 Å². The molecule has 2 aliphatic rings. The molecule has 0 saturated heterocycles. The SMILES string of the molecule is CC(C)S(=O)(=O)N1CCc2nc(NC(=O)CSC3CCCC3)sc2C1. The minimum Gasteiger partial charge on any atom is -0.301 e. The first kappa shape index (κ1) is 19.1. The van der Waals surface area contributed by atoms with E-state index < -0.39 is 15.3 Å². The van der Waals surface area contributed by atoms with Crippen molar-refractivity contribution in [3.05, 3.63) is 10.6 Å². The van der Waals surface area contributed by atoms with Gasteiger partial charge in [-0.15, -0.1) is 23.1 Å². The first-order chi connectivity index (χ1) is 11.9. The number of hydrogen-bond donors (Lipinski definition) is 1. The molecule has 1 fully saturated rings. The maximum atomic E-state index is 12.3. The summed E-state index contributed by atoms with van der Waals surface area (Å²) in [5.41, 5.74) is 0.916. The van der Waals surface area contributed by atoms with Crippen LogP contribution < -0.4 is 5.32 Å². The minimum atomic E-state index is -3.25. The van der Waals surface area contributed by atoms with E-state index in [9.17, 15) is 13.2 Å². The summed E-state index contributed by atoms with van der Waals surface area (Å²) >= 11 is 3.13. The Balaban J connectivity index is 1.57. The molecule has 0 bridgehead atoms. The van der Waals surface area contributed by atoms with Crippen molar-refractivity contribution in [2.75, 3.05) is 17.6 Å². The number of sulfonamides is 1. The molecule has 1 aromatic rings. The molecule has 6 nitrogen and oxygen atoms in total. The van der Waals surface area contributed by atoms with E-state index in [4.69, 9.17) is 0 Å². The molecule has 0 spiro atoms. The van der Waals surface area contributed by atoms with Gasteiger partial charge in [0.05, 0.1) is 16.7 Å². The third-order valence-corrected chi connectivity index (χ3v) is 9.24. The van der Waals surface area contributed by atoms with Gasteiger partial charge in [0.15, 0.2) is 5.13 Å². The molecule has 140 valence electrons. The molecular formula is C16H25N3O3S3. The fourth-order valence-corrected chi connectivity index (χ4v) is 6.64. The lowest BCUT2D eigenvalue weighted by atomic mass is 10.2. The Morgan fingerprint density at radius 2 is 2.12 bits per heavy atom. The summed E-state index contributed by atoms with van der Waals surface area (Å²) in [6, 6.07) is 0. The summed E-state index contributed by atoms with van der Waals surface area (Å²) < 4.78 is 26.2. The molecule has 0 atom stereocenters. The molecule has 0 radical (unpaired) electrons. The first-order valence-corrected chi connectivity index (χ1v) is 12.1. The van der Waals surface area contributed by atoms with Crippen LogP contribution in [0.4, 0.5) is 5.13 Å². The van der Waals surface area contributed by atoms with Crippen LogP contribution in [-0.2, 0) is 27.8 Å². The van der Waals surface area contributed by atoms with E-state index in [0.717, 1.165) is 10.6 Å². The lowest BCUT2D eigenvalue weighted by molar-refractivity contribution is -0.113. The second-order valence-corrected chi connectivity index (χ2v) is 11.7. The molecule has 1 N–H and O–H groups in total. The van der Waals surface area contributed by atoms with Gasteiger partial charge in [0.1, 0.15) is 0 Å². The molecule has 1 aliphatic carbocycles. The highest BCUT2D eigenvalue weighted by Crippen LogP contribution is 2.31. The van der Waals surface area contributed by atoms with Crippen molar-refractivity contribution in [2.24, 2.45) is 0 Å². The zero-order valence-corrected chi connectivity index (χ0v) is 17.1. The molecule has 1 amide bonds. The average Bonchev–Trinajstić information content (AvgIpc) is 3.20. The number of thiazole rings is 1. The largest absolute Gasteiger partial charge is 0.301 e. The van der Waals surface area contributed by atoms with Crippen molar-refractivity contribution in [2.45, 2.75) is 63.0 Å². The molecule has 3 rings (SSSR count). The summed E-state index contributed by atoms with van der Waals surface area (Å²) in [6.45, 7) is 4.22. The average molecular weight is 404 g/mol. The van der Waals surface area contributed by atoms with Crippen LogP contribution in [-0.4, -0.2) is 46.4 Å². The Morgan fingerprint density at radius 1 is 1.40 bits per heavy atom. The first-order valence-electron chi connectivity index (χ1n) is 8.75. The van der Waals surface area contributed by atoms with E-state index in [2.05, 4.69) is 10.3 Å². The number of carbonyl (C=O) groups is 1. The topological polar surface area (TPSA) is 79.4 Å². The second kappa shape index (κ2) is 7.94. The Kier molecular flexibility index (Phi) is 6.07. The zero-order valence-electron chi connectivity index (χ0n) is 14.7. The Hall–Kier alpha value is -0.640. The third-order valence-electron chi connectivity index (χ3n) is 4.65. The summed E-state index contributed by atoms with van der Waals surface area (Å²) in [6.07, 6.45) is 5.57. The van der Waals surface area contributed by atoms with Crippen molar-refractivity contribution in [1.29, 1.82) is 0 Å². The Morgan fingerprint density at radius 3 is 2.80 bits per heavy atom. The maximum Gasteiger partial charge on any atom is 0.236 e. The number of aromatic nitrogens is 1. The van der Waals surface area contributed by atoms with Gasteiger partial charge < -0.3 is 5.32 Å². The summed E-state index contributed by atoms with van der Waals surface area (Å²) in [5.74, 6) is 0.442. The number of anilines is 1. The third kappa shape index (κ3) is 4.56. The zero-order chi connectivity index (χ0) is 18.0. The van der Waals surface area contributed by atoms with E-state index in [1.54, 1.807) is 25.6 Å².